The Hall–Kier alpha value is -3.67. The summed E-state index contributed by atoms with van der Waals surface area (Å²) in [5, 5.41) is 0.721. The maximum atomic E-state index is 11.8. The predicted molar refractivity (Wildman–Crippen MR) is 108 cm³/mol. The Morgan fingerprint density at radius 1 is 1.00 bits per heavy atom. The summed E-state index contributed by atoms with van der Waals surface area (Å²) < 4.78 is 9.51. The fourth-order valence-corrected chi connectivity index (χ4v) is 3.72. The molecule has 0 atom stereocenters. The number of esters is 1. The number of fused-ring (bicyclic) bond motifs is 5. The second-order valence-corrected chi connectivity index (χ2v) is 6.91. The lowest BCUT2D eigenvalue weighted by atomic mass is 10.2. The highest BCUT2D eigenvalue weighted by Crippen LogP contribution is 2.35. The van der Waals surface area contributed by atoms with Gasteiger partial charge in [-0.25, -0.2) is 9.97 Å². The van der Waals surface area contributed by atoms with E-state index in [0.717, 1.165) is 39.1 Å². The van der Waals surface area contributed by atoms with Crippen LogP contribution in [0.25, 0.3) is 33.4 Å². The number of hydrogen-bond donors (Lipinski definition) is 0. The van der Waals surface area contributed by atoms with Crippen LogP contribution in [0.15, 0.2) is 54.7 Å². The zero-order valence-electron chi connectivity index (χ0n) is 15.8. The monoisotopic (exact) mass is 370 g/mol. The van der Waals surface area contributed by atoms with Gasteiger partial charge in [0.2, 0.25) is 0 Å². The summed E-state index contributed by atoms with van der Waals surface area (Å²) in [5.74, 6) is 0.896. The van der Waals surface area contributed by atoms with E-state index < -0.39 is 0 Å². The summed E-state index contributed by atoms with van der Waals surface area (Å²) in [5.41, 5.74) is 5.38. The summed E-state index contributed by atoms with van der Waals surface area (Å²) >= 11 is 0. The first-order valence-corrected chi connectivity index (χ1v) is 9.07. The van der Waals surface area contributed by atoms with E-state index in [1.807, 2.05) is 71.5 Å². The van der Waals surface area contributed by atoms with Crippen molar-refractivity contribution < 1.29 is 9.53 Å². The van der Waals surface area contributed by atoms with Crippen molar-refractivity contribution in [2.75, 3.05) is 0 Å². The molecule has 0 N–H and O–H groups in total. The first-order chi connectivity index (χ1) is 13.5. The zero-order chi connectivity index (χ0) is 19.4. The second kappa shape index (κ2) is 5.92. The lowest BCUT2D eigenvalue weighted by Gasteiger charge is -2.07. The number of nitrogens with zero attached hydrogens (tertiary/aromatic N) is 4. The van der Waals surface area contributed by atoms with Crippen molar-refractivity contribution in [2.24, 2.45) is 0 Å². The number of para-hydroxylation sites is 2. The van der Waals surface area contributed by atoms with Crippen molar-refractivity contribution in [1.29, 1.82) is 0 Å². The molecule has 6 heteroatoms. The van der Waals surface area contributed by atoms with E-state index >= 15 is 0 Å². The number of rotatable bonds is 2. The molecule has 0 saturated heterocycles. The fourth-order valence-electron chi connectivity index (χ4n) is 3.72. The lowest BCUT2D eigenvalue weighted by molar-refractivity contribution is -0.131. The minimum absolute atomic E-state index is 0.377. The fraction of sp³-hybridized carbons (Fsp3) is 0.136. The van der Waals surface area contributed by atoms with Crippen LogP contribution >= 0.6 is 0 Å². The van der Waals surface area contributed by atoms with E-state index in [1.54, 1.807) is 0 Å². The SMILES string of the molecule is CC(=O)Oc1cn(-c2cccc(C)c2)c2nc(C)n3c4ccccc4nc3c12. The minimum Gasteiger partial charge on any atom is -0.424 e. The molecule has 0 aliphatic heterocycles. The summed E-state index contributed by atoms with van der Waals surface area (Å²) in [6.45, 7) is 5.40. The number of carbonyl (C=O) groups excluding carboxylic acids is 1. The molecule has 0 spiro atoms. The molecule has 0 aliphatic carbocycles. The standard InChI is InChI=1S/C22H18N4O2/c1-13-7-6-8-16(11-13)25-12-19(28-15(3)27)20-21(25)23-14(2)26-18-10-5-4-9-17(18)24-22(20)26/h4-12H,1-3H3. The molecular formula is C22H18N4O2. The first-order valence-electron chi connectivity index (χ1n) is 9.07. The largest absolute Gasteiger partial charge is 0.424 e. The molecule has 0 radical (unpaired) electrons. The highest BCUT2D eigenvalue weighted by Gasteiger charge is 2.21. The van der Waals surface area contributed by atoms with Gasteiger partial charge in [0.15, 0.2) is 17.0 Å². The molecule has 3 heterocycles. The molecule has 0 fully saturated rings. The molecule has 0 saturated carbocycles. The average molecular weight is 370 g/mol. The minimum atomic E-state index is -0.377. The Bertz CT molecular complexity index is 1390. The number of aryl methyl sites for hydroxylation is 2. The summed E-state index contributed by atoms with van der Waals surface area (Å²) in [7, 11) is 0. The second-order valence-electron chi connectivity index (χ2n) is 6.91. The van der Waals surface area contributed by atoms with Gasteiger partial charge in [0, 0.05) is 12.6 Å². The van der Waals surface area contributed by atoms with E-state index in [1.165, 1.54) is 6.92 Å². The van der Waals surface area contributed by atoms with Crippen molar-refractivity contribution in [2.45, 2.75) is 20.8 Å². The van der Waals surface area contributed by atoms with Crippen LogP contribution < -0.4 is 4.74 Å². The zero-order valence-corrected chi connectivity index (χ0v) is 15.8. The van der Waals surface area contributed by atoms with Crippen LogP contribution in [0, 0.1) is 13.8 Å². The van der Waals surface area contributed by atoms with Gasteiger partial charge in [-0.05, 0) is 43.7 Å². The molecule has 3 aromatic heterocycles. The van der Waals surface area contributed by atoms with Crippen LogP contribution in [0.5, 0.6) is 5.75 Å². The Balaban J connectivity index is 1.95. The molecule has 5 aromatic rings. The van der Waals surface area contributed by atoms with Crippen molar-refractivity contribution in [3.63, 3.8) is 0 Å². The smallest absolute Gasteiger partial charge is 0.308 e. The third-order valence-electron chi connectivity index (χ3n) is 4.85. The highest BCUT2D eigenvalue weighted by molar-refractivity contribution is 6.01. The van der Waals surface area contributed by atoms with Crippen molar-refractivity contribution in [3.05, 3.63) is 66.1 Å². The van der Waals surface area contributed by atoms with Gasteiger partial charge in [0.05, 0.1) is 17.2 Å². The molecule has 0 amide bonds. The summed E-state index contributed by atoms with van der Waals surface area (Å²) in [4.78, 5) is 21.4. The van der Waals surface area contributed by atoms with E-state index in [0.29, 0.717) is 11.4 Å². The molecule has 138 valence electrons. The van der Waals surface area contributed by atoms with Gasteiger partial charge < -0.3 is 4.74 Å². The lowest BCUT2D eigenvalue weighted by Crippen LogP contribution is -2.02. The summed E-state index contributed by atoms with van der Waals surface area (Å²) in [6, 6.07) is 16.0. The van der Waals surface area contributed by atoms with Crippen molar-refractivity contribution in [1.82, 2.24) is 18.9 Å². The van der Waals surface area contributed by atoms with Crippen LogP contribution in [0.1, 0.15) is 18.3 Å². The van der Waals surface area contributed by atoms with E-state index in [-0.39, 0.29) is 5.97 Å². The number of ether oxygens (including phenoxy) is 1. The summed E-state index contributed by atoms with van der Waals surface area (Å²) in [6.07, 6.45) is 1.81. The van der Waals surface area contributed by atoms with Crippen LogP contribution in [0.3, 0.4) is 0 Å². The molecule has 2 aromatic carbocycles. The van der Waals surface area contributed by atoms with Gasteiger partial charge in [-0.1, -0.05) is 24.3 Å². The molecule has 28 heavy (non-hydrogen) atoms. The maximum absolute atomic E-state index is 11.8. The molecule has 6 nitrogen and oxygen atoms in total. The van der Waals surface area contributed by atoms with Gasteiger partial charge in [-0.2, -0.15) is 0 Å². The van der Waals surface area contributed by atoms with E-state index in [4.69, 9.17) is 14.7 Å². The van der Waals surface area contributed by atoms with Gasteiger partial charge in [0.1, 0.15) is 11.2 Å². The number of imidazole rings is 1. The average Bonchev–Trinajstić information content (AvgIpc) is 3.20. The normalized spacial score (nSPS) is 11.5. The third kappa shape index (κ3) is 2.38. The van der Waals surface area contributed by atoms with Crippen LogP contribution in [0.4, 0.5) is 0 Å². The number of carbonyl (C=O) groups is 1. The van der Waals surface area contributed by atoms with E-state index in [9.17, 15) is 4.79 Å². The maximum Gasteiger partial charge on any atom is 0.308 e. The number of aromatic nitrogens is 4. The van der Waals surface area contributed by atoms with Crippen LogP contribution in [-0.4, -0.2) is 24.9 Å². The quantitative estimate of drug-likeness (QED) is 0.433. The van der Waals surface area contributed by atoms with Gasteiger partial charge in [-0.15, -0.1) is 0 Å². The third-order valence-corrected chi connectivity index (χ3v) is 4.85. The van der Waals surface area contributed by atoms with Crippen molar-refractivity contribution >= 4 is 33.7 Å². The number of hydrogen-bond acceptors (Lipinski definition) is 4. The Morgan fingerprint density at radius 3 is 2.61 bits per heavy atom. The van der Waals surface area contributed by atoms with Crippen molar-refractivity contribution in [3.8, 4) is 11.4 Å². The molecule has 0 aliphatic rings. The van der Waals surface area contributed by atoms with Gasteiger partial charge >= 0.3 is 5.97 Å². The van der Waals surface area contributed by atoms with E-state index in [2.05, 4.69) is 6.07 Å². The molecule has 0 unspecified atom stereocenters. The van der Waals surface area contributed by atoms with Crippen LogP contribution in [0.2, 0.25) is 0 Å². The Labute approximate surface area is 161 Å². The highest BCUT2D eigenvalue weighted by atomic mass is 16.5. The van der Waals surface area contributed by atoms with Gasteiger partial charge in [0.25, 0.3) is 0 Å². The predicted octanol–water partition coefficient (Wildman–Crippen LogP) is 4.37. The molecule has 5 rings (SSSR count). The topological polar surface area (TPSA) is 61.4 Å². The number of benzene rings is 2. The Morgan fingerprint density at radius 2 is 1.82 bits per heavy atom. The van der Waals surface area contributed by atoms with Crippen LogP contribution in [-0.2, 0) is 4.79 Å². The molecule has 0 bridgehead atoms. The first kappa shape index (κ1) is 16.5. The Kier molecular flexibility index (Phi) is 3.49. The van der Waals surface area contributed by atoms with Gasteiger partial charge in [-0.3, -0.25) is 13.8 Å². The molecular weight excluding hydrogens is 352 g/mol.